The predicted molar refractivity (Wildman–Crippen MR) is 116 cm³/mol. The van der Waals surface area contributed by atoms with Gasteiger partial charge in [-0.05, 0) is 69.0 Å². The number of amides is 2. The van der Waals surface area contributed by atoms with Crippen molar-refractivity contribution in [1.29, 1.82) is 0 Å². The van der Waals surface area contributed by atoms with Crippen LogP contribution in [0.3, 0.4) is 0 Å². The Morgan fingerprint density at radius 2 is 1.72 bits per heavy atom. The number of nitrogens with zero attached hydrogens (tertiary/aromatic N) is 1. The van der Waals surface area contributed by atoms with Crippen molar-refractivity contribution in [2.75, 3.05) is 7.11 Å². The summed E-state index contributed by atoms with van der Waals surface area (Å²) in [4.78, 5) is 27.5. The number of rotatable bonds is 8. The molecule has 2 amide bonds. The van der Waals surface area contributed by atoms with Gasteiger partial charge >= 0.3 is 0 Å². The van der Waals surface area contributed by atoms with Gasteiger partial charge in [0.2, 0.25) is 11.8 Å². The van der Waals surface area contributed by atoms with E-state index in [9.17, 15) is 9.59 Å². The van der Waals surface area contributed by atoms with Crippen LogP contribution >= 0.6 is 0 Å². The average molecular weight is 397 g/mol. The highest BCUT2D eigenvalue weighted by Gasteiger charge is 2.26. The second kappa shape index (κ2) is 10.1. The summed E-state index contributed by atoms with van der Waals surface area (Å²) in [5.74, 6) is 0.488. The summed E-state index contributed by atoms with van der Waals surface area (Å²) in [5.41, 5.74) is 4.21. The number of carbonyl (C=O) groups is 2. The number of ether oxygens (including phenoxy) is 1. The lowest BCUT2D eigenvalue weighted by Gasteiger charge is -2.29. The lowest BCUT2D eigenvalue weighted by Crippen LogP contribution is -2.49. The second-order valence-corrected chi connectivity index (χ2v) is 7.81. The fourth-order valence-electron chi connectivity index (χ4n) is 3.14. The zero-order valence-corrected chi connectivity index (χ0v) is 18.3. The van der Waals surface area contributed by atoms with Crippen molar-refractivity contribution in [3.05, 3.63) is 64.7 Å². The smallest absolute Gasteiger partial charge is 0.242 e. The summed E-state index contributed by atoms with van der Waals surface area (Å²) in [7, 11) is 1.61. The quantitative estimate of drug-likeness (QED) is 0.738. The van der Waals surface area contributed by atoms with E-state index in [0.29, 0.717) is 6.54 Å². The van der Waals surface area contributed by atoms with Crippen LogP contribution in [0.4, 0.5) is 0 Å². The van der Waals surface area contributed by atoms with Crippen molar-refractivity contribution in [3.63, 3.8) is 0 Å². The summed E-state index contributed by atoms with van der Waals surface area (Å²) in [6, 6.07) is 13.0. The van der Waals surface area contributed by atoms with Gasteiger partial charge in [-0.3, -0.25) is 9.59 Å². The summed E-state index contributed by atoms with van der Waals surface area (Å²) in [6.45, 7) is 10.0. The van der Waals surface area contributed by atoms with Crippen LogP contribution < -0.4 is 10.1 Å². The number of hydrogen-bond donors (Lipinski definition) is 1. The third-order valence-electron chi connectivity index (χ3n) is 5.01. The van der Waals surface area contributed by atoms with Crippen LogP contribution in [0.5, 0.6) is 5.75 Å². The molecule has 0 fully saturated rings. The maximum absolute atomic E-state index is 13.2. The van der Waals surface area contributed by atoms with Crippen LogP contribution in [0, 0.1) is 13.8 Å². The molecule has 2 aromatic carbocycles. The first-order valence-electron chi connectivity index (χ1n) is 10.00. The molecule has 0 saturated heterocycles. The summed E-state index contributed by atoms with van der Waals surface area (Å²) in [5, 5.41) is 2.91. The maximum atomic E-state index is 13.2. The first kappa shape index (κ1) is 22.5. The van der Waals surface area contributed by atoms with Crippen molar-refractivity contribution in [1.82, 2.24) is 10.2 Å². The lowest BCUT2D eigenvalue weighted by molar-refractivity contribution is -0.140. The monoisotopic (exact) mass is 396 g/mol. The molecular weight excluding hydrogens is 364 g/mol. The van der Waals surface area contributed by atoms with E-state index in [-0.39, 0.29) is 24.3 Å². The van der Waals surface area contributed by atoms with E-state index in [4.69, 9.17) is 4.74 Å². The first-order chi connectivity index (χ1) is 13.7. The standard InChI is InChI=1S/C24H32N2O3/c1-16(2)25-24(28)19(5)26(15-21-8-7-9-22(13-21)29-6)23(27)14-20-11-10-17(3)18(4)12-20/h7-13,16,19H,14-15H2,1-6H3,(H,25,28)/t19-/m1/s1. The molecule has 1 N–H and O–H groups in total. The van der Waals surface area contributed by atoms with E-state index in [2.05, 4.69) is 5.32 Å². The van der Waals surface area contributed by atoms with Crippen LogP contribution in [0.25, 0.3) is 0 Å². The molecule has 0 saturated carbocycles. The normalized spacial score (nSPS) is 11.8. The van der Waals surface area contributed by atoms with Crippen LogP contribution in [0.15, 0.2) is 42.5 Å². The molecular formula is C24H32N2O3. The predicted octanol–water partition coefficient (Wildman–Crippen LogP) is 3.80. The van der Waals surface area contributed by atoms with Crippen molar-refractivity contribution >= 4 is 11.8 Å². The molecule has 2 aromatic rings. The van der Waals surface area contributed by atoms with Crippen LogP contribution in [-0.2, 0) is 22.6 Å². The molecule has 0 aliphatic rings. The second-order valence-electron chi connectivity index (χ2n) is 7.81. The Bertz CT molecular complexity index is 861. The third kappa shape index (κ3) is 6.34. The molecule has 1 atom stereocenters. The van der Waals surface area contributed by atoms with Gasteiger partial charge in [-0.1, -0.05) is 30.3 Å². The Morgan fingerprint density at radius 3 is 2.34 bits per heavy atom. The van der Waals surface area contributed by atoms with E-state index in [1.807, 2.05) is 70.2 Å². The van der Waals surface area contributed by atoms with Gasteiger partial charge < -0.3 is 15.0 Å². The topological polar surface area (TPSA) is 58.6 Å². The van der Waals surface area contributed by atoms with Gasteiger partial charge in [0.1, 0.15) is 11.8 Å². The number of carbonyl (C=O) groups excluding carboxylic acids is 2. The number of methoxy groups -OCH3 is 1. The van der Waals surface area contributed by atoms with Gasteiger partial charge in [-0.15, -0.1) is 0 Å². The highest BCUT2D eigenvalue weighted by atomic mass is 16.5. The molecule has 0 unspecified atom stereocenters. The van der Waals surface area contributed by atoms with Gasteiger partial charge in [-0.25, -0.2) is 0 Å². The Kier molecular flexibility index (Phi) is 7.82. The summed E-state index contributed by atoms with van der Waals surface area (Å²) in [6.07, 6.45) is 0.254. The molecule has 0 bridgehead atoms. The number of aryl methyl sites for hydroxylation is 2. The molecule has 0 aliphatic heterocycles. The zero-order valence-electron chi connectivity index (χ0n) is 18.3. The van der Waals surface area contributed by atoms with Gasteiger partial charge in [0.25, 0.3) is 0 Å². The third-order valence-corrected chi connectivity index (χ3v) is 5.01. The first-order valence-corrected chi connectivity index (χ1v) is 10.00. The van der Waals surface area contributed by atoms with Gasteiger partial charge in [-0.2, -0.15) is 0 Å². The minimum absolute atomic E-state index is 0.0125. The summed E-state index contributed by atoms with van der Waals surface area (Å²) >= 11 is 0. The van der Waals surface area contributed by atoms with Gasteiger partial charge in [0, 0.05) is 12.6 Å². The molecule has 156 valence electrons. The fraction of sp³-hybridized carbons (Fsp3) is 0.417. The SMILES string of the molecule is COc1cccc(CN(C(=O)Cc2ccc(C)c(C)c2)[C@H](C)C(=O)NC(C)C)c1. The Morgan fingerprint density at radius 1 is 1.00 bits per heavy atom. The van der Waals surface area contributed by atoms with Crippen LogP contribution in [0.2, 0.25) is 0 Å². The van der Waals surface area contributed by atoms with E-state index in [0.717, 1.165) is 22.4 Å². The van der Waals surface area contributed by atoms with Gasteiger partial charge in [0.15, 0.2) is 0 Å². The van der Waals surface area contributed by atoms with Gasteiger partial charge in [0.05, 0.1) is 13.5 Å². The van der Waals surface area contributed by atoms with E-state index in [1.165, 1.54) is 5.56 Å². The van der Waals surface area contributed by atoms with Crippen LogP contribution in [-0.4, -0.2) is 35.9 Å². The molecule has 29 heavy (non-hydrogen) atoms. The van der Waals surface area contributed by atoms with Crippen molar-refractivity contribution in [2.45, 2.75) is 59.7 Å². The van der Waals surface area contributed by atoms with E-state index >= 15 is 0 Å². The molecule has 0 spiro atoms. The van der Waals surface area contributed by atoms with E-state index in [1.54, 1.807) is 18.9 Å². The molecule has 0 aromatic heterocycles. The Hall–Kier alpha value is -2.82. The summed E-state index contributed by atoms with van der Waals surface area (Å²) < 4.78 is 5.29. The zero-order chi connectivity index (χ0) is 21.6. The van der Waals surface area contributed by atoms with E-state index < -0.39 is 6.04 Å². The molecule has 2 rings (SSSR count). The molecule has 0 radical (unpaired) electrons. The lowest BCUT2D eigenvalue weighted by atomic mass is 10.0. The van der Waals surface area contributed by atoms with Crippen LogP contribution in [0.1, 0.15) is 43.0 Å². The highest BCUT2D eigenvalue weighted by Crippen LogP contribution is 2.18. The fourth-order valence-corrected chi connectivity index (χ4v) is 3.14. The number of hydrogen-bond acceptors (Lipinski definition) is 3. The van der Waals surface area contributed by atoms with Crippen molar-refractivity contribution < 1.29 is 14.3 Å². The average Bonchev–Trinajstić information content (AvgIpc) is 2.68. The van der Waals surface area contributed by atoms with Crippen molar-refractivity contribution in [2.24, 2.45) is 0 Å². The Balaban J connectivity index is 2.27. The number of benzene rings is 2. The molecule has 5 nitrogen and oxygen atoms in total. The molecule has 5 heteroatoms. The highest BCUT2D eigenvalue weighted by molar-refractivity contribution is 5.88. The number of nitrogens with one attached hydrogen (secondary N) is 1. The molecule has 0 heterocycles. The Labute approximate surface area is 174 Å². The minimum Gasteiger partial charge on any atom is -0.497 e. The largest absolute Gasteiger partial charge is 0.497 e. The molecule has 0 aliphatic carbocycles. The maximum Gasteiger partial charge on any atom is 0.242 e. The minimum atomic E-state index is -0.581. The van der Waals surface area contributed by atoms with Crippen molar-refractivity contribution in [3.8, 4) is 5.75 Å².